The lowest BCUT2D eigenvalue weighted by Gasteiger charge is -2.14. The quantitative estimate of drug-likeness (QED) is 0.668. The molecule has 0 N–H and O–H groups in total. The van der Waals surface area contributed by atoms with Crippen LogP contribution in [0.4, 0.5) is 0 Å². The fourth-order valence-electron chi connectivity index (χ4n) is 3.42. The molecule has 2 aromatic carbocycles. The van der Waals surface area contributed by atoms with Gasteiger partial charge < -0.3 is 0 Å². The van der Waals surface area contributed by atoms with E-state index in [9.17, 15) is 0 Å². The van der Waals surface area contributed by atoms with Gasteiger partial charge in [0.25, 0.3) is 0 Å². The first-order valence-electron chi connectivity index (χ1n) is 7.28. The number of fused-ring (bicyclic) bond motifs is 5. The molecule has 0 saturated carbocycles. The first-order valence-corrected chi connectivity index (χ1v) is 7.28. The monoisotopic (exact) mass is 246 g/mol. The Morgan fingerprint density at radius 2 is 1.84 bits per heavy atom. The SMILES string of the molecule is CC1C=Cc2ccc3c4c(ccc3c2=C1)CCCC=4. The van der Waals surface area contributed by atoms with Crippen molar-refractivity contribution in [2.75, 3.05) is 0 Å². The first-order chi connectivity index (χ1) is 9.33. The van der Waals surface area contributed by atoms with E-state index in [1.807, 2.05) is 0 Å². The molecule has 1 atom stereocenters. The van der Waals surface area contributed by atoms with E-state index in [2.05, 4.69) is 55.5 Å². The lowest BCUT2D eigenvalue weighted by Crippen LogP contribution is -2.19. The van der Waals surface area contributed by atoms with Crippen LogP contribution in [-0.2, 0) is 6.42 Å². The number of hydrogen-bond donors (Lipinski definition) is 0. The zero-order chi connectivity index (χ0) is 12.8. The highest BCUT2D eigenvalue weighted by Gasteiger charge is 2.09. The second-order valence-electron chi connectivity index (χ2n) is 5.78. The van der Waals surface area contributed by atoms with Crippen molar-refractivity contribution in [1.29, 1.82) is 0 Å². The second kappa shape index (κ2) is 4.09. The molecule has 94 valence electrons. The summed E-state index contributed by atoms with van der Waals surface area (Å²) in [7, 11) is 0. The molecule has 0 heterocycles. The lowest BCUT2D eigenvalue weighted by molar-refractivity contribution is 0.839. The zero-order valence-electron chi connectivity index (χ0n) is 11.3. The van der Waals surface area contributed by atoms with Crippen molar-refractivity contribution >= 4 is 29.0 Å². The van der Waals surface area contributed by atoms with Gasteiger partial charge in [-0.3, -0.25) is 0 Å². The minimum Gasteiger partial charge on any atom is -0.0773 e. The van der Waals surface area contributed by atoms with Crippen molar-refractivity contribution in [2.24, 2.45) is 5.92 Å². The second-order valence-corrected chi connectivity index (χ2v) is 5.78. The van der Waals surface area contributed by atoms with Gasteiger partial charge in [0, 0.05) is 0 Å². The molecule has 0 nitrogen and oxygen atoms in total. The normalized spacial score (nSPS) is 20.4. The lowest BCUT2D eigenvalue weighted by atomic mass is 9.90. The van der Waals surface area contributed by atoms with Gasteiger partial charge in [-0.15, -0.1) is 0 Å². The van der Waals surface area contributed by atoms with Gasteiger partial charge in [0.1, 0.15) is 0 Å². The molecule has 0 fully saturated rings. The highest BCUT2D eigenvalue weighted by molar-refractivity contribution is 5.88. The van der Waals surface area contributed by atoms with E-state index >= 15 is 0 Å². The van der Waals surface area contributed by atoms with Gasteiger partial charge in [0.15, 0.2) is 0 Å². The average Bonchev–Trinajstić information content (AvgIpc) is 2.46. The summed E-state index contributed by atoms with van der Waals surface area (Å²) in [6.45, 7) is 2.25. The number of hydrogen-bond acceptors (Lipinski definition) is 0. The van der Waals surface area contributed by atoms with E-state index in [1.165, 1.54) is 51.6 Å². The van der Waals surface area contributed by atoms with Gasteiger partial charge in [0.2, 0.25) is 0 Å². The predicted octanol–water partition coefficient (Wildman–Crippen LogP) is 3.40. The molecule has 2 aliphatic rings. The molecule has 0 saturated heterocycles. The molecular weight excluding hydrogens is 228 g/mol. The van der Waals surface area contributed by atoms with Crippen LogP contribution in [0.2, 0.25) is 0 Å². The van der Waals surface area contributed by atoms with Crippen molar-refractivity contribution in [1.82, 2.24) is 0 Å². The van der Waals surface area contributed by atoms with E-state index in [0.717, 1.165) is 0 Å². The molecule has 0 heteroatoms. The molecular formula is C19H18. The van der Waals surface area contributed by atoms with Gasteiger partial charge in [-0.25, -0.2) is 0 Å². The minimum absolute atomic E-state index is 0.540. The number of benzene rings is 2. The van der Waals surface area contributed by atoms with E-state index in [-0.39, 0.29) is 0 Å². The van der Waals surface area contributed by atoms with Crippen molar-refractivity contribution in [3.05, 3.63) is 51.9 Å². The van der Waals surface area contributed by atoms with Gasteiger partial charge >= 0.3 is 0 Å². The van der Waals surface area contributed by atoms with Crippen LogP contribution in [0.1, 0.15) is 30.9 Å². The first kappa shape index (κ1) is 11.0. The summed E-state index contributed by atoms with van der Waals surface area (Å²) in [5, 5.41) is 5.77. The summed E-state index contributed by atoms with van der Waals surface area (Å²) < 4.78 is 0. The molecule has 2 aliphatic carbocycles. The van der Waals surface area contributed by atoms with E-state index in [4.69, 9.17) is 0 Å². The molecule has 2 aromatic rings. The maximum Gasteiger partial charge on any atom is -0.00691 e. The van der Waals surface area contributed by atoms with Crippen molar-refractivity contribution in [3.63, 3.8) is 0 Å². The molecule has 0 bridgehead atoms. The number of aryl methyl sites for hydroxylation is 1. The topological polar surface area (TPSA) is 0 Å². The third kappa shape index (κ3) is 1.67. The molecule has 0 spiro atoms. The maximum absolute atomic E-state index is 2.43. The Bertz CT molecular complexity index is 806. The highest BCUT2D eigenvalue weighted by atomic mass is 14.1. The third-order valence-corrected chi connectivity index (χ3v) is 4.42. The molecule has 0 amide bonds. The summed E-state index contributed by atoms with van der Waals surface area (Å²) in [4.78, 5) is 0. The Morgan fingerprint density at radius 1 is 1.00 bits per heavy atom. The Hall–Kier alpha value is -1.82. The summed E-state index contributed by atoms with van der Waals surface area (Å²) in [6.07, 6.45) is 13.1. The van der Waals surface area contributed by atoms with Crippen molar-refractivity contribution < 1.29 is 0 Å². The van der Waals surface area contributed by atoms with Crippen LogP contribution in [0.3, 0.4) is 0 Å². The van der Waals surface area contributed by atoms with Gasteiger partial charge in [0.05, 0.1) is 0 Å². The van der Waals surface area contributed by atoms with Crippen LogP contribution < -0.4 is 10.4 Å². The fourth-order valence-corrected chi connectivity index (χ4v) is 3.42. The third-order valence-electron chi connectivity index (χ3n) is 4.42. The number of rotatable bonds is 0. The largest absolute Gasteiger partial charge is 0.0773 e. The molecule has 0 radical (unpaired) electrons. The summed E-state index contributed by atoms with van der Waals surface area (Å²) in [5.74, 6) is 0.540. The smallest absolute Gasteiger partial charge is 0.00691 e. The summed E-state index contributed by atoms with van der Waals surface area (Å²) in [6, 6.07) is 9.25. The highest BCUT2D eigenvalue weighted by Crippen LogP contribution is 2.18. The Morgan fingerprint density at radius 3 is 2.79 bits per heavy atom. The van der Waals surface area contributed by atoms with E-state index in [1.54, 1.807) is 0 Å². The van der Waals surface area contributed by atoms with Crippen LogP contribution in [0.5, 0.6) is 0 Å². The van der Waals surface area contributed by atoms with Gasteiger partial charge in [-0.2, -0.15) is 0 Å². The van der Waals surface area contributed by atoms with E-state index < -0.39 is 0 Å². The fraction of sp³-hybridized carbons (Fsp3) is 0.263. The summed E-state index contributed by atoms with van der Waals surface area (Å²) in [5.41, 5.74) is 2.89. The standard InChI is InChI=1S/C19H18/c1-13-6-7-15-9-10-17-16-5-3-2-4-14(16)8-11-18(17)19(15)12-13/h5-13H,2-4H2,1H3. The molecule has 1 unspecified atom stereocenters. The van der Waals surface area contributed by atoms with Crippen molar-refractivity contribution in [2.45, 2.75) is 26.2 Å². The van der Waals surface area contributed by atoms with Gasteiger partial charge in [-0.1, -0.05) is 55.5 Å². The van der Waals surface area contributed by atoms with Crippen LogP contribution in [0.25, 0.3) is 29.0 Å². The molecule has 0 aromatic heterocycles. The van der Waals surface area contributed by atoms with Crippen molar-refractivity contribution in [3.8, 4) is 0 Å². The molecule has 4 rings (SSSR count). The maximum atomic E-state index is 2.43. The van der Waals surface area contributed by atoms with Crippen LogP contribution in [0, 0.1) is 5.92 Å². The Labute approximate surface area is 113 Å². The van der Waals surface area contributed by atoms with Crippen LogP contribution >= 0.6 is 0 Å². The Kier molecular flexibility index (Phi) is 2.38. The summed E-state index contributed by atoms with van der Waals surface area (Å²) >= 11 is 0. The predicted molar refractivity (Wildman–Crippen MR) is 83.3 cm³/mol. The van der Waals surface area contributed by atoms with E-state index in [0.29, 0.717) is 5.92 Å². The Balaban J connectivity index is 2.17. The van der Waals surface area contributed by atoms with Crippen LogP contribution in [-0.4, -0.2) is 0 Å². The van der Waals surface area contributed by atoms with Gasteiger partial charge in [-0.05, 0) is 57.5 Å². The zero-order valence-corrected chi connectivity index (χ0v) is 11.3. The molecule has 0 aliphatic heterocycles. The van der Waals surface area contributed by atoms with Crippen LogP contribution in [0.15, 0.2) is 30.3 Å². The number of allylic oxidation sites excluding steroid dienone is 1. The minimum atomic E-state index is 0.540. The average molecular weight is 246 g/mol. The molecule has 19 heavy (non-hydrogen) atoms.